The van der Waals surface area contributed by atoms with Crippen molar-refractivity contribution >= 4 is 17.9 Å². The molecule has 0 N–H and O–H groups in total. The molecule has 0 saturated carbocycles. The van der Waals surface area contributed by atoms with Crippen molar-refractivity contribution in [3.8, 4) is 0 Å². The van der Waals surface area contributed by atoms with Crippen molar-refractivity contribution in [3.05, 3.63) is 122 Å². The highest BCUT2D eigenvalue weighted by Gasteiger charge is 2.19. The summed E-state index contributed by atoms with van der Waals surface area (Å²) in [5, 5.41) is 0. The van der Waals surface area contributed by atoms with Crippen LogP contribution in [0.3, 0.4) is 0 Å². The fraction of sp³-hybridized carbons (Fsp3) is 0.652. The van der Waals surface area contributed by atoms with Gasteiger partial charge >= 0.3 is 17.9 Å². The number of ether oxygens (including phenoxy) is 3. The summed E-state index contributed by atoms with van der Waals surface area (Å²) in [7, 11) is 0. The van der Waals surface area contributed by atoms with E-state index in [2.05, 4.69) is 130 Å². The Hall–Kier alpha value is -4.19. The van der Waals surface area contributed by atoms with Gasteiger partial charge in [-0.15, -0.1) is 0 Å². The number of unbranched alkanes of at least 4 members (excludes halogenated alkanes) is 22. The van der Waals surface area contributed by atoms with Crippen LogP contribution in [-0.4, -0.2) is 37.2 Å². The molecule has 6 nitrogen and oxygen atoms in total. The van der Waals surface area contributed by atoms with E-state index in [1.54, 1.807) is 6.08 Å². The van der Waals surface area contributed by atoms with Gasteiger partial charge in [0.25, 0.3) is 0 Å². The van der Waals surface area contributed by atoms with E-state index in [9.17, 15) is 14.4 Å². The topological polar surface area (TPSA) is 78.9 Å². The van der Waals surface area contributed by atoms with Crippen molar-refractivity contribution in [2.75, 3.05) is 13.2 Å². The van der Waals surface area contributed by atoms with Gasteiger partial charge in [-0.25, -0.2) is 0 Å². The number of esters is 3. The van der Waals surface area contributed by atoms with E-state index >= 15 is 0 Å². The summed E-state index contributed by atoms with van der Waals surface area (Å²) in [6, 6.07) is 0. The minimum atomic E-state index is -0.836. The molecule has 0 heterocycles. The lowest BCUT2D eigenvalue weighted by atomic mass is 10.0. The molecule has 1 unspecified atom stereocenters. The molecule has 0 amide bonds. The van der Waals surface area contributed by atoms with Crippen LogP contribution in [0.4, 0.5) is 0 Å². The molecule has 0 bridgehead atoms. The average Bonchev–Trinajstić information content (AvgIpc) is 3.38. The molecular weight excluding hydrogens is 889 g/mol. The maximum atomic E-state index is 12.8. The summed E-state index contributed by atoms with van der Waals surface area (Å²) in [6.45, 7) is 6.33. The molecule has 0 aromatic carbocycles. The Bertz CT molecular complexity index is 1520. The third-order valence-electron chi connectivity index (χ3n) is 12.2. The van der Waals surface area contributed by atoms with Crippen LogP contribution in [0.25, 0.3) is 0 Å². The first-order valence-electron chi connectivity index (χ1n) is 29.5. The molecule has 0 aromatic heterocycles. The molecule has 0 aromatic rings. The standard InChI is InChI=1S/C66H108O6/c1-4-7-10-13-16-19-22-25-28-29-30-31-32-33-34-35-36-37-39-41-44-47-50-53-56-59-65(68)71-62-63(61-70-64(67)58-55-52-49-46-43-40-27-24-21-18-15-12-9-6-3)72-66(69)60-57-54-51-48-45-42-38-26-23-20-17-14-11-8-5-2/h7-8,10-11,16-17,19-20,25-26,28,30-31,33-34,38,45,48,54,57,63H,4-6,9,12-15,18,21-24,27,29,32,35-37,39-44,46-47,49-53,55-56,58-62H2,1-3H3/b10-7-,11-8-,19-16-,20-17-,28-25-,31-30-,34-33-,38-26-,48-45-,57-54-. The molecule has 0 aliphatic rings. The van der Waals surface area contributed by atoms with E-state index in [-0.39, 0.29) is 31.6 Å². The highest BCUT2D eigenvalue weighted by atomic mass is 16.6. The van der Waals surface area contributed by atoms with Crippen molar-refractivity contribution in [3.63, 3.8) is 0 Å². The van der Waals surface area contributed by atoms with Crippen LogP contribution in [0.2, 0.25) is 0 Å². The van der Waals surface area contributed by atoms with E-state index in [1.807, 2.05) is 6.08 Å². The Morgan fingerprint density at radius 2 is 0.583 bits per heavy atom. The second kappa shape index (κ2) is 59.4. The summed E-state index contributed by atoms with van der Waals surface area (Å²) < 4.78 is 16.8. The lowest BCUT2D eigenvalue weighted by Gasteiger charge is -2.18. The summed E-state index contributed by atoms with van der Waals surface area (Å²) in [5.41, 5.74) is 0. The van der Waals surface area contributed by atoms with Crippen molar-refractivity contribution < 1.29 is 28.6 Å². The molecule has 0 rings (SSSR count). The van der Waals surface area contributed by atoms with E-state index in [0.29, 0.717) is 12.8 Å². The largest absolute Gasteiger partial charge is 0.462 e. The molecular formula is C66H108O6. The number of carbonyl (C=O) groups excluding carboxylic acids is 3. The summed E-state index contributed by atoms with van der Waals surface area (Å²) >= 11 is 0. The second-order valence-electron chi connectivity index (χ2n) is 19.2. The zero-order valence-electron chi connectivity index (χ0n) is 46.7. The highest BCUT2D eigenvalue weighted by molar-refractivity contribution is 5.72. The molecule has 0 aliphatic heterocycles. The van der Waals surface area contributed by atoms with Crippen molar-refractivity contribution in [1.29, 1.82) is 0 Å². The maximum absolute atomic E-state index is 12.8. The Balaban J connectivity index is 4.42. The van der Waals surface area contributed by atoms with Crippen LogP contribution in [0.1, 0.15) is 258 Å². The first-order chi connectivity index (χ1) is 35.5. The van der Waals surface area contributed by atoms with Gasteiger partial charge in [0.1, 0.15) is 13.2 Å². The van der Waals surface area contributed by atoms with E-state index in [0.717, 1.165) is 109 Å². The summed E-state index contributed by atoms with van der Waals surface area (Å²) in [5.74, 6) is -1.05. The molecule has 1 atom stereocenters. The highest BCUT2D eigenvalue weighted by Crippen LogP contribution is 2.15. The fourth-order valence-electron chi connectivity index (χ4n) is 7.90. The molecule has 0 radical (unpaired) electrons. The molecule has 0 aliphatic carbocycles. The van der Waals surface area contributed by atoms with Crippen LogP contribution in [0.5, 0.6) is 0 Å². The predicted molar refractivity (Wildman–Crippen MR) is 311 cm³/mol. The van der Waals surface area contributed by atoms with Gasteiger partial charge in [-0.05, 0) is 89.9 Å². The monoisotopic (exact) mass is 997 g/mol. The van der Waals surface area contributed by atoms with E-state index in [1.165, 1.54) is 109 Å². The van der Waals surface area contributed by atoms with Gasteiger partial charge in [0.15, 0.2) is 6.10 Å². The minimum absolute atomic E-state index is 0.0933. The molecule has 0 spiro atoms. The first-order valence-corrected chi connectivity index (χ1v) is 29.5. The normalized spacial score (nSPS) is 13.0. The van der Waals surface area contributed by atoms with Crippen molar-refractivity contribution in [2.45, 2.75) is 264 Å². The van der Waals surface area contributed by atoms with Gasteiger partial charge in [-0.1, -0.05) is 271 Å². The number of carbonyl (C=O) groups is 3. The average molecular weight is 998 g/mol. The van der Waals surface area contributed by atoms with Crippen molar-refractivity contribution in [1.82, 2.24) is 0 Å². The molecule has 72 heavy (non-hydrogen) atoms. The van der Waals surface area contributed by atoms with Gasteiger partial charge in [-0.3, -0.25) is 14.4 Å². The SMILES string of the molecule is CC/C=C\C/C=C\C/C=C\C/C=C\C/C=C\CCCCCCCCCCCC(=O)OCC(COC(=O)CCCCCCCCCCCCCCCC)OC(=O)C/C=C\C/C=C\C/C=C\C/C=C\C/C=C\CC. The molecule has 408 valence electrons. The Morgan fingerprint density at radius 3 is 0.917 bits per heavy atom. The number of rotatable bonds is 52. The Kier molecular flexibility index (Phi) is 55.9. The van der Waals surface area contributed by atoms with E-state index < -0.39 is 12.1 Å². The fourth-order valence-corrected chi connectivity index (χ4v) is 7.90. The third kappa shape index (κ3) is 56.7. The van der Waals surface area contributed by atoms with Crippen LogP contribution in [-0.2, 0) is 28.6 Å². The Morgan fingerprint density at radius 1 is 0.306 bits per heavy atom. The lowest BCUT2D eigenvalue weighted by Crippen LogP contribution is -2.30. The maximum Gasteiger partial charge on any atom is 0.310 e. The third-order valence-corrected chi connectivity index (χ3v) is 12.2. The summed E-state index contributed by atoms with van der Waals surface area (Å²) in [4.78, 5) is 38.1. The minimum Gasteiger partial charge on any atom is -0.462 e. The zero-order chi connectivity index (χ0) is 52.2. The number of hydrogen-bond acceptors (Lipinski definition) is 6. The van der Waals surface area contributed by atoms with Gasteiger partial charge in [-0.2, -0.15) is 0 Å². The van der Waals surface area contributed by atoms with Crippen molar-refractivity contribution in [2.24, 2.45) is 0 Å². The van der Waals surface area contributed by atoms with Gasteiger partial charge < -0.3 is 14.2 Å². The first kappa shape index (κ1) is 67.8. The smallest absolute Gasteiger partial charge is 0.310 e. The lowest BCUT2D eigenvalue weighted by molar-refractivity contribution is -0.166. The second-order valence-corrected chi connectivity index (χ2v) is 19.2. The predicted octanol–water partition coefficient (Wildman–Crippen LogP) is 20.0. The van der Waals surface area contributed by atoms with Gasteiger partial charge in [0.05, 0.1) is 6.42 Å². The number of allylic oxidation sites excluding steroid dienone is 19. The molecule has 0 fully saturated rings. The zero-order valence-corrected chi connectivity index (χ0v) is 46.7. The van der Waals surface area contributed by atoms with Crippen LogP contribution < -0.4 is 0 Å². The van der Waals surface area contributed by atoms with Gasteiger partial charge in [0, 0.05) is 12.8 Å². The van der Waals surface area contributed by atoms with E-state index in [4.69, 9.17) is 14.2 Å². The van der Waals surface area contributed by atoms with Crippen LogP contribution >= 0.6 is 0 Å². The molecule has 0 saturated heterocycles. The molecule has 6 heteroatoms. The quantitative estimate of drug-likeness (QED) is 0.0261. The Labute approximate surface area is 443 Å². The summed E-state index contributed by atoms with van der Waals surface area (Å²) in [6.07, 6.45) is 82.2. The van der Waals surface area contributed by atoms with Gasteiger partial charge in [0.2, 0.25) is 0 Å². The van der Waals surface area contributed by atoms with Crippen LogP contribution in [0.15, 0.2) is 122 Å². The van der Waals surface area contributed by atoms with Crippen LogP contribution in [0, 0.1) is 0 Å². The number of hydrogen-bond donors (Lipinski definition) is 0.